The van der Waals surface area contributed by atoms with Gasteiger partial charge in [-0.05, 0) is 25.0 Å². The van der Waals surface area contributed by atoms with Crippen molar-refractivity contribution >= 4 is 23.1 Å². The van der Waals surface area contributed by atoms with E-state index in [1.165, 1.54) is 0 Å². The monoisotopic (exact) mass is 292 g/mol. The molecule has 2 N–H and O–H groups in total. The Kier molecular flexibility index (Phi) is 6.65. The predicted octanol–water partition coefficient (Wildman–Crippen LogP) is 3.22. The van der Waals surface area contributed by atoms with E-state index in [2.05, 4.69) is 13.8 Å². The van der Waals surface area contributed by atoms with Crippen LogP contribution in [-0.4, -0.2) is 28.9 Å². The quantitative estimate of drug-likeness (QED) is 0.785. The minimum atomic E-state index is 0.0532. The molecule has 0 fully saturated rings. The average Bonchev–Trinajstić information content (AvgIpc) is 2.48. The first kappa shape index (κ1) is 16.6. The minimum Gasteiger partial charge on any atom is -0.389 e. The third kappa shape index (κ3) is 4.30. The van der Waals surface area contributed by atoms with Crippen molar-refractivity contribution in [3.63, 3.8) is 0 Å². The molecule has 0 aliphatic carbocycles. The second kappa shape index (κ2) is 8.00. The molecule has 1 amide bonds. The topological polar surface area (TPSA) is 46.3 Å². The SMILES string of the molecule is CCC(CC)CN(CC)C(=O)c1cccc(C(N)=S)c1. The number of benzene rings is 1. The fourth-order valence-electron chi connectivity index (χ4n) is 2.20. The molecule has 0 saturated heterocycles. The van der Waals surface area contributed by atoms with E-state index < -0.39 is 0 Å². The van der Waals surface area contributed by atoms with Crippen molar-refractivity contribution in [3.05, 3.63) is 35.4 Å². The van der Waals surface area contributed by atoms with E-state index in [1.54, 1.807) is 6.07 Å². The summed E-state index contributed by atoms with van der Waals surface area (Å²) in [6, 6.07) is 7.25. The van der Waals surface area contributed by atoms with E-state index >= 15 is 0 Å². The van der Waals surface area contributed by atoms with Gasteiger partial charge in [-0.25, -0.2) is 0 Å². The predicted molar refractivity (Wildman–Crippen MR) is 88.0 cm³/mol. The highest BCUT2D eigenvalue weighted by Crippen LogP contribution is 2.14. The fourth-order valence-corrected chi connectivity index (χ4v) is 2.33. The number of nitrogens with zero attached hydrogens (tertiary/aromatic N) is 1. The second-order valence-electron chi connectivity index (χ2n) is 4.97. The van der Waals surface area contributed by atoms with Crippen molar-refractivity contribution in [2.45, 2.75) is 33.6 Å². The molecule has 1 aromatic carbocycles. The van der Waals surface area contributed by atoms with Crippen LogP contribution in [-0.2, 0) is 0 Å². The number of nitrogens with two attached hydrogens (primary N) is 1. The van der Waals surface area contributed by atoms with Gasteiger partial charge in [0.05, 0.1) is 0 Å². The molecule has 1 rings (SSSR count). The van der Waals surface area contributed by atoms with Crippen LogP contribution in [0.1, 0.15) is 49.5 Å². The van der Waals surface area contributed by atoms with Crippen LogP contribution < -0.4 is 5.73 Å². The van der Waals surface area contributed by atoms with Gasteiger partial charge in [0, 0.05) is 24.2 Å². The number of hydrogen-bond donors (Lipinski definition) is 1. The van der Waals surface area contributed by atoms with Gasteiger partial charge in [0.1, 0.15) is 4.99 Å². The van der Waals surface area contributed by atoms with Crippen LogP contribution in [0.25, 0.3) is 0 Å². The van der Waals surface area contributed by atoms with E-state index in [0.29, 0.717) is 23.0 Å². The van der Waals surface area contributed by atoms with Crippen LogP contribution in [0.4, 0.5) is 0 Å². The van der Waals surface area contributed by atoms with Gasteiger partial charge in [-0.1, -0.05) is 51.0 Å². The van der Waals surface area contributed by atoms with Crippen molar-refractivity contribution in [2.24, 2.45) is 11.7 Å². The zero-order valence-electron chi connectivity index (χ0n) is 12.6. The van der Waals surface area contributed by atoms with Crippen LogP contribution in [0, 0.1) is 5.92 Å². The number of thiocarbonyl (C=S) groups is 1. The maximum absolute atomic E-state index is 12.6. The maximum atomic E-state index is 12.6. The lowest BCUT2D eigenvalue weighted by atomic mass is 10.0. The van der Waals surface area contributed by atoms with Crippen LogP contribution >= 0.6 is 12.2 Å². The number of amides is 1. The molecular formula is C16H24N2OS. The highest BCUT2D eigenvalue weighted by Gasteiger charge is 2.17. The zero-order chi connectivity index (χ0) is 15.1. The Bertz CT molecular complexity index is 469. The molecule has 0 bridgehead atoms. The Morgan fingerprint density at radius 1 is 1.25 bits per heavy atom. The number of hydrogen-bond acceptors (Lipinski definition) is 2. The van der Waals surface area contributed by atoms with Gasteiger partial charge >= 0.3 is 0 Å². The molecule has 0 heterocycles. The summed E-state index contributed by atoms with van der Waals surface area (Å²) in [5.74, 6) is 0.607. The average molecular weight is 292 g/mol. The van der Waals surface area contributed by atoms with Crippen molar-refractivity contribution in [2.75, 3.05) is 13.1 Å². The van der Waals surface area contributed by atoms with E-state index in [9.17, 15) is 4.79 Å². The minimum absolute atomic E-state index is 0.0532. The second-order valence-corrected chi connectivity index (χ2v) is 5.41. The molecule has 1 aromatic rings. The third-order valence-corrected chi connectivity index (χ3v) is 3.93. The molecule has 20 heavy (non-hydrogen) atoms. The maximum Gasteiger partial charge on any atom is 0.253 e. The summed E-state index contributed by atoms with van der Waals surface area (Å²) in [6.07, 6.45) is 2.18. The number of carbonyl (C=O) groups excluding carboxylic acids is 1. The first-order valence-corrected chi connectivity index (χ1v) is 7.63. The Morgan fingerprint density at radius 3 is 2.35 bits per heavy atom. The lowest BCUT2D eigenvalue weighted by molar-refractivity contribution is 0.0735. The van der Waals surface area contributed by atoms with Gasteiger partial charge in [-0.15, -0.1) is 0 Å². The van der Waals surface area contributed by atoms with Crippen LogP contribution in [0.3, 0.4) is 0 Å². The summed E-state index contributed by atoms with van der Waals surface area (Å²) in [7, 11) is 0. The summed E-state index contributed by atoms with van der Waals surface area (Å²) in [5, 5.41) is 0. The van der Waals surface area contributed by atoms with Crippen LogP contribution in [0.5, 0.6) is 0 Å². The molecule has 0 radical (unpaired) electrons. The molecule has 0 aliphatic rings. The highest BCUT2D eigenvalue weighted by atomic mass is 32.1. The smallest absolute Gasteiger partial charge is 0.253 e. The molecule has 0 saturated carbocycles. The van der Waals surface area contributed by atoms with Crippen LogP contribution in [0.15, 0.2) is 24.3 Å². The summed E-state index contributed by atoms with van der Waals surface area (Å²) in [6.45, 7) is 7.86. The summed E-state index contributed by atoms with van der Waals surface area (Å²) in [5.41, 5.74) is 7.02. The summed E-state index contributed by atoms with van der Waals surface area (Å²) in [4.78, 5) is 14.8. The lowest BCUT2D eigenvalue weighted by Crippen LogP contribution is -2.35. The summed E-state index contributed by atoms with van der Waals surface area (Å²) >= 11 is 4.96. The normalized spacial score (nSPS) is 10.6. The molecule has 0 aromatic heterocycles. The summed E-state index contributed by atoms with van der Waals surface area (Å²) < 4.78 is 0. The molecule has 110 valence electrons. The number of carbonyl (C=O) groups is 1. The fraction of sp³-hybridized carbons (Fsp3) is 0.500. The Labute approximate surface area is 127 Å². The van der Waals surface area contributed by atoms with E-state index in [4.69, 9.17) is 18.0 Å². The van der Waals surface area contributed by atoms with E-state index in [-0.39, 0.29) is 5.91 Å². The molecular weight excluding hydrogens is 268 g/mol. The van der Waals surface area contributed by atoms with Crippen molar-refractivity contribution in [1.82, 2.24) is 4.90 Å². The molecule has 3 nitrogen and oxygen atoms in total. The zero-order valence-corrected chi connectivity index (χ0v) is 13.4. The van der Waals surface area contributed by atoms with E-state index in [1.807, 2.05) is 30.0 Å². The van der Waals surface area contributed by atoms with Crippen molar-refractivity contribution in [3.8, 4) is 0 Å². The van der Waals surface area contributed by atoms with Gasteiger partial charge in [-0.3, -0.25) is 4.79 Å². The molecule has 0 atom stereocenters. The third-order valence-electron chi connectivity index (χ3n) is 3.70. The van der Waals surface area contributed by atoms with Gasteiger partial charge in [-0.2, -0.15) is 0 Å². The number of rotatable bonds is 7. The molecule has 4 heteroatoms. The van der Waals surface area contributed by atoms with E-state index in [0.717, 1.165) is 24.9 Å². The highest BCUT2D eigenvalue weighted by molar-refractivity contribution is 7.80. The largest absolute Gasteiger partial charge is 0.389 e. The van der Waals surface area contributed by atoms with Gasteiger partial charge < -0.3 is 10.6 Å². The van der Waals surface area contributed by atoms with Crippen LogP contribution in [0.2, 0.25) is 0 Å². The lowest BCUT2D eigenvalue weighted by Gasteiger charge is -2.25. The Balaban J connectivity index is 2.90. The van der Waals surface area contributed by atoms with Crippen molar-refractivity contribution < 1.29 is 4.79 Å². The van der Waals surface area contributed by atoms with Crippen molar-refractivity contribution in [1.29, 1.82) is 0 Å². The Hall–Kier alpha value is -1.42. The molecule has 0 spiro atoms. The van der Waals surface area contributed by atoms with Gasteiger partial charge in [0.25, 0.3) is 5.91 Å². The Morgan fingerprint density at radius 2 is 1.85 bits per heavy atom. The van der Waals surface area contributed by atoms with Gasteiger partial charge in [0.15, 0.2) is 0 Å². The molecule has 0 unspecified atom stereocenters. The molecule has 0 aliphatic heterocycles. The first-order valence-electron chi connectivity index (χ1n) is 7.22. The standard InChI is InChI=1S/C16H24N2OS/c1-4-12(5-2)11-18(6-3)16(19)14-9-7-8-13(10-14)15(17)20/h7-10,12H,4-6,11H2,1-3H3,(H2,17,20). The first-order chi connectivity index (χ1) is 9.53. The van der Waals surface area contributed by atoms with Gasteiger partial charge in [0.2, 0.25) is 0 Å².